The van der Waals surface area contributed by atoms with Crippen molar-refractivity contribution in [2.45, 2.75) is 18.9 Å². The molecule has 0 radical (unpaired) electrons. The predicted molar refractivity (Wildman–Crippen MR) is 77.9 cm³/mol. The summed E-state index contributed by atoms with van der Waals surface area (Å²) in [6, 6.07) is 1.87. The Bertz CT molecular complexity index is 450. The fraction of sp³-hybridized carbons (Fsp3) is 0.455. The number of amides is 1. The minimum Gasteiger partial charge on any atom is -0.446 e. The monoisotopic (exact) mass is 381 g/mol. The smallest absolute Gasteiger partial charge is 0.404 e. The molecule has 98 valence electrons. The van der Waals surface area contributed by atoms with E-state index in [-0.39, 0.29) is 6.10 Å². The molecule has 1 aliphatic heterocycles. The van der Waals surface area contributed by atoms with E-state index in [1.807, 2.05) is 6.07 Å². The molecule has 1 aliphatic rings. The molecule has 7 heteroatoms. The molecule has 2 heterocycles. The zero-order chi connectivity index (χ0) is 13.1. The van der Waals surface area contributed by atoms with E-state index in [1.165, 1.54) is 0 Å². The average molecular weight is 382 g/mol. The average Bonchev–Trinajstić information content (AvgIpc) is 2.33. The van der Waals surface area contributed by atoms with Crippen LogP contribution in [-0.4, -0.2) is 30.3 Å². The Labute approximate surface area is 124 Å². The van der Waals surface area contributed by atoms with Crippen molar-refractivity contribution in [3.63, 3.8) is 0 Å². The molecular formula is C11H13ClIN3O2. The molecule has 0 aromatic carbocycles. The number of aromatic nitrogens is 1. The predicted octanol–water partition coefficient (Wildman–Crippen LogP) is 2.40. The van der Waals surface area contributed by atoms with Gasteiger partial charge in [0.2, 0.25) is 0 Å². The number of rotatable bonds is 2. The maximum absolute atomic E-state index is 10.7. The first-order chi connectivity index (χ1) is 8.58. The van der Waals surface area contributed by atoms with E-state index in [4.69, 9.17) is 22.1 Å². The first-order valence-electron chi connectivity index (χ1n) is 5.59. The summed E-state index contributed by atoms with van der Waals surface area (Å²) in [5.41, 5.74) is 5.00. The van der Waals surface area contributed by atoms with Crippen molar-refractivity contribution < 1.29 is 9.53 Å². The Hall–Kier alpha value is -0.760. The van der Waals surface area contributed by atoms with E-state index >= 15 is 0 Å². The van der Waals surface area contributed by atoms with Crippen molar-refractivity contribution in [1.29, 1.82) is 0 Å². The van der Waals surface area contributed by atoms with Gasteiger partial charge in [0.05, 0.1) is 5.02 Å². The second-order valence-electron chi connectivity index (χ2n) is 4.05. The van der Waals surface area contributed by atoms with Crippen molar-refractivity contribution >= 4 is 46.1 Å². The molecular weight excluding hydrogens is 368 g/mol. The van der Waals surface area contributed by atoms with E-state index in [9.17, 15) is 4.79 Å². The minimum absolute atomic E-state index is 0.0969. The molecule has 1 aromatic rings. The number of pyridine rings is 1. The summed E-state index contributed by atoms with van der Waals surface area (Å²) in [6.07, 6.45) is 2.42. The molecule has 0 atom stereocenters. The van der Waals surface area contributed by atoms with Gasteiger partial charge in [0.1, 0.15) is 11.9 Å². The van der Waals surface area contributed by atoms with Crippen LogP contribution in [0.1, 0.15) is 12.8 Å². The van der Waals surface area contributed by atoms with E-state index in [0.29, 0.717) is 5.02 Å². The lowest BCUT2D eigenvalue weighted by Crippen LogP contribution is -2.39. The summed E-state index contributed by atoms with van der Waals surface area (Å²) in [5.74, 6) is 0.793. The Balaban J connectivity index is 2.01. The molecule has 2 N–H and O–H groups in total. The molecule has 2 rings (SSSR count). The minimum atomic E-state index is -0.709. The summed E-state index contributed by atoms with van der Waals surface area (Å²) in [5, 5.41) is 0.673. The van der Waals surface area contributed by atoms with Crippen LogP contribution in [0.2, 0.25) is 5.02 Å². The van der Waals surface area contributed by atoms with E-state index in [2.05, 4.69) is 32.5 Å². The van der Waals surface area contributed by atoms with Crippen LogP contribution < -0.4 is 10.6 Å². The third-order valence-corrected chi connectivity index (χ3v) is 4.44. The number of nitrogens with zero attached hydrogens (tertiary/aromatic N) is 2. The van der Waals surface area contributed by atoms with Crippen LogP contribution in [0.3, 0.4) is 0 Å². The van der Waals surface area contributed by atoms with Crippen molar-refractivity contribution in [3.05, 3.63) is 20.9 Å². The number of anilines is 1. The van der Waals surface area contributed by atoms with Gasteiger partial charge >= 0.3 is 6.09 Å². The molecule has 1 aromatic heterocycles. The summed E-state index contributed by atoms with van der Waals surface area (Å²) in [6.45, 7) is 1.51. The third-order valence-electron chi connectivity index (χ3n) is 2.85. The highest BCUT2D eigenvalue weighted by Crippen LogP contribution is 2.30. The van der Waals surface area contributed by atoms with Crippen molar-refractivity contribution in [3.8, 4) is 0 Å². The summed E-state index contributed by atoms with van der Waals surface area (Å²) in [7, 11) is 0. The Morgan fingerprint density at radius 2 is 2.22 bits per heavy atom. The molecule has 5 nitrogen and oxygen atoms in total. The van der Waals surface area contributed by atoms with E-state index in [0.717, 1.165) is 35.3 Å². The van der Waals surface area contributed by atoms with Crippen LogP contribution in [0.4, 0.5) is 10.6 Å². The first-order valence-corrected chi connectivity index (χ1v) is 7.04. The Kier molecular flexibility index (Phi) is 4.50. The Morgan fingerprint density at radius 1 is 1.56 bits per heavy atom. The van der Waals surface area contributed by atoms with Gasteiger partial charge in [-0.25, -0.2) is 9.78 Å². The lowest BCUT2D eigenvalue weighted by atomic mass is 10.1. The van der Waals surface area contributed by atoms with Crippen LogP contribution in [0, 0.1) is 3.57 Å². The highest BCUT2D eigenvalue weighted by atomic mass is 127. The van der Waals surface area contributed by atoms with Crippen molar-refractivity contribution in [2.75, 3.05) is 18.0 Å². The quantitative estimate of drug-likeness (QED) is 0.799. The number of carbonyl (C=O) groups excluding carboxylic acids is 1. The van der Waals surface area contributed by atoms with Gasteiger partial charge in [0, 0.05) is 35.7 Å². The maximum Gasteiger partial charge on any atom is 0.404 e. The Morgan fingerprint density at radius 3 is 2.83 bits per heavy atom. The number of carbonyl (C=O) groups is 1. The molecule has 1 fully saturated rings. The number of halogens is 2. The fourth-order valence-electron chi connectivity index (χ4n) is 1.98. The van der Waals surface area contributed by atoms with Crippen molar-refractivity contribution in [2.24, 2.45) is 5.73 Å². The van der Waals surface area contributed by atoms with Gasteiger partial charge in [-0.15, -0.1) is 0 Å². The van der Waals surface area contributed by atoms with Crippen LogP contribution in [-0.2, 0) is 4.74 Å². The highest BCUT2D eigenvalue weighted by Gasteiger charge is 2.24. The number of ether oxygens (including phenoxy) is 1. The van der Waals surface area contributed by atoms with Gasteiger partial charge in [-0.1, -0.05) is 11.6 Å². The second kappa shape index (κ2) is 5.92. The molecule has 0 aliphatic carbocycles. The van der Waals surface area contributed by atoms with Crippen LogP contribution in [0.15, 0.2) is 12.3 Å². The molecule has 1 saturated heterocycles. The molecule has 0 saturated carbocycles. The van der Waals surface area contributed by atoms with E-state index < -0.39 is 6.09 Å². The normalized spacial score (nSPS) is 16.7. The van der Waals surface area contributed by atoms with Crippen LogP contribution in [0.25, 0.3) is 0 Å². The number of piperidine rings is 1. The number of nitrogens with two attached hydrogens (primary N) is 1. The van der Waals surface area contributed by atoms with E-state index in [1.54, 1.807) is 6.20 Å². The maximum atomic E-state index is 10.7. The molecule has 0 unspecified atom stereocenters. The topological polar surface area (TPSA) is 68.5 Å². The first kappa shape index (κ1) is 13.7. The number of hydrogen-bond donors (Lipinski definition) is 1. The van der Waals surface area contributed by atoms with Gasteiger partial charge in [0.15, 0.2) is 0 Å². The third kappa shape index (κ3) is 3.17. The second-order valence-corrected chi connectivity index (χ2v) is 5.59. The number of hydrogen-bond acceptors (Lipinski definition) is 4. The zero-order valence-corrected chi connectivity index (χ0v) is 12.5. The molecule has 0 bridgehead atoms. The summed E-state index contributed by atoms with van der Waals surface area (Å²) >= 11 is 8.41. The molecule has 18 heavy (non-hydrogen) atoms. The summed E-state index contributed by atoms with van der Waals surface area (Å²) < 4.78 is 5.97. The lowest BCUT2D eigenvalue weighted by molar-refractivity contribution is 0.0911. The summed E-state index contributed by atoms with van der Waals surface area (Å²) in [4.78, 5) is 17.1. The zero-order valence-electron chi connectivity index (χ0n) is 9.60. The molecule has 1 amide bonds. The van der Waals surface area contributed by atoms with Gasteiger partial charge in [-0.2, -0.15) is 0 Å². The fourth-order valence-corrected chi connectivity index (χ4v) is 2.61. The number of primary amides is 1. The SMILES string of the molecule is NC(=O)OC1CCN(c2nccc(I)c2Cl)CC1. The lowest BCUT2D eigenvalue weighted by Gasteiger charge is -2.32. The highest BCUT2D eigenvalue weighted by molar-refractivity contribution is 14.1. The van der Waals surface area contributed by atoms with Crippen molar-refractivity contribution in [1.82, 2.24) is 4.98 Å². The van der Waals surface area contributed by atoms with Gasteiger partial charge < -0.3 is 15.4 Å². The van der Waals surface area contributed by atoms with Crippen LogP contribution in [0.5, 0.6) is 0 Å². The van der Waals surface area contributed by atoms with Gasteiger partial charge in [-0.3, -0.25) is 0 Å². The van der Waals surface area contributed by atoms with Crippen LogP contribution >= 0.6 is 34.2 Å². The standard InChI is InChI=1S/C11H13ClIN3O2/c12-9-8(13)1-4-15-10(9)16-5-2-7(3-6-16)18-11(14)17/h1,4,7H,2-3,5-6H2,(H2,14,17). The van der Waals surface area contributed by atoms with Gasteiger partial charge in [0.25, 0.3) is 0 Å². The molecule has 0 spiro atoms. The largest absolute Gasteiger partial charge is 0.446 e. The van der Waals surface area contributed by atoms with Gasteiger partial charge in [-0.05, 0) is 28.7 Å².